The maximum Gasteiger partial charge on any atom is 0.244 e. The molecular formula is C25H35N3O4S. The minimum absolute atomic E-state index is 0.0317. The fourth-order valence-electron chi connectivity index (χ4n) is 3.38. The van der Waals surface area contributed by atoms with E-state index in [1.54, 1.807) is 32.0 Å². The molecule has 0 bridgehead atoms. The van der Waals surface area contributed by atoms with Crippen molar-refractivity contribution in [2.45, 2.75) is 59.7 Å². The monoisotopic (exact) mass is 473 g/mol. The van der Waals surface area contributed by atoms with E-state index in [0.717, 1.165) is 33.7 Å². The summed E-state index contributed by atoms with van der Waals surface area (Å²) in [5.41, 5.74) is 3.13. The Balaban J connectivity index is 2.39. The number of carbonyl (C=O) groups is 2. The second-order valence-electron chi connectivity index (χ2n) is 8.56. The standard InChI is InChI=1S/C25H35N3O4S/c1-7-20(4)26-25(30)21(5)27(16-22-14-12-18(2)13-15-22)24(29)17-28(33(6,31)32)23-11-9-8-10-19(23)3/h8-15,20-21H,7,16-17H2,1-6H3,(H,26,30). The zero-order valence-electron chi connectivity index (χ0n) is 20.3. The number of rotatable bonds is 10. The van der Waals surface area contributed by atoms with Gasteiger partial charge in [0, 0.05) is 12.6 Å². The van der Waals surface area contributed by atoms with Gasteiger partial charge in [0.15, 0.2) is 0 Å². The van der Waals surface area contributed by atoms with E-state index >= 15 is 0 Å². The first kappa shape index (κ1) is 26.4. The molecular weight excluding hydrogens is 438 g/mol. The Bertz CT molecular complexity index is 1070. The number of carbonyl (C=O) groups excluding carboxylic acids is 2. The number of benzene rings is 2. The molecule has 2 rings (SSSR count). The highest BCUT2D eigenvalue weighted by Crippen LogP contribution is 2.23. The Labute approximate surface area is 197 Å². The molecule has 0 saturated carbocycles. The van der Waals surface area contributed by atoms with Crippen LogP contribution in [-0.2, 0) is 26.2 Å². The number of nitrogens with zero attached hydrogens (tertiary/aromatic N) is 2. The molecule has 0 saturated heterocycles. The molecule has 180 valence electrons. The summed E-state index contributed by atoms with van der Waals surface area (Å²) in [7, 11) is -3.73. The Morgan fingerprint density at radius 3 is 2.15 bits per heavy atom. The minimum atomic E-state index is -3.73. The minimum Gasteiger partial charge on any atom is -0.352 e. The third kappa shape index (κ3) is 7.32. The molecule has 1 N–H and O–H groups in total. The summed E-state index contributed by atoms with van der Waals surface area (Å²) in [5.74, 6) is -0.720. The van der Waals surface area contributed by atoms with E-state index in [0.29, 0.717) is 5.69 Å². The van der Waals surface area contributed by atoms with Crippen LogP contribution in [0.25, 0.3) is 0 Å². The van der Waals surface area contributed by atoms with E-state index in [4.69, 9.17) is 0 Å². The van der Waals surface area contributed by atoms with Gasteiger partial charge in [0.05, 0.1) is 11.9 Å². The van der Waals surface area contributed by atoms with E-state index in [1.807, 2.05) is 51.1 Å². The van der Waals surface area contributed by atoms with Crippen molar-refractivity contribution in [2.24, 2.45) is 0 Å². The van der Waals surface area contributed by atoms with Gasteiger partial charge in [-0.15, -0.1) is 0 Å². The van der Waals surface area contributed by atoms with E-state index in [1.165, 1.54) is 4.90 Å². The SMILES string of the molecule is CCC(C)NC(=O)C(C)N(Cc1ccc(C)cc1)C(=O)CN(c1ccccc1C)S(C)(=O)=O. The van der Waals surface area contributed by atoms with Crippen molar-refractivity contribution in [1.82, 2.24) is 10.2 Å². The number of aryl methyl sites for hydroxylation is 2. The van der Waals surface area contributed by atoms with E-state index < -0.39 is 28.5 Å². The van der Waals surface area contributed by atoms with E-state index in [2.05, 4.69) is 5.32 Å². The van der Waals surface area contributed by atoms with Crippen LogP contribution in [0.5, 0.6) is 0 Å². The van der Waals surface area contributed by atoms with Crippen molar-refractivity contribution < 1.29 is 18.0 Å². The number of amides is 2. The van der Waals surface area contributed by atoms with Crippen LogP contribution in [0.15, 0.2) is 48.5 Å². The van der Waals surface area contributed by atoms with Crippen LogP contribution in [0.2, 0.25) is 0 Å². The predicted molar refractivity (Wildman–Crippen MR) is 132 cm³/mol. The second-order valence-corrected chi connectivity index (χ2v) is 10.5. The lowest BCUT2D eigenvalue weighted by Gasteiger charge is -2.32. The summed E-state index contributed by atoms with van der Waals surface area (Å²) in [4.78, 5) is 27.8. The van der Waals surface area contributed by atoms with Gasteiger partial charge in [-0.1, -0.05) is 55.0 Å². The summed E-state index contributed by atoms with van der Waals surface area (Å²) in [6, 6.07) is 13.9. The van der Waals surface area contributed by atoms with Crippen molar-refractivity contribution in [3.63, 3.8) is 0 Å². The molecule has 2 amide bonds. The molecule has 0 aliphatic carbocycles. The molecule has 0 fully saturated rings. The van der Waals surface area contributed by atoms with Crippen LogP contribution in [0.1, 0.15) is 43.9 Å². The third-order valence-electron chi connectivity index (χ3n) is 5.71. The number of para-hydroxylation sites is 1. The first-order valence-electron chi connectivity index (χ1n) is 11.1. The van der Waals surface area contributed by atoms with Gasteiger partial charge in [0.1, 0.15) is 12.6 Å². The number of sulfonamides is 1. The topological polar surface area (TPSA) is 86.8 Å². The molecule has 0 aromatic heterocycles. The van der Waals surface area contributed by atoms with Gasteiger partial charge >= 0.3 is 0 Å². The molecule has 0 aliphatic rings. The number of nitrogens with one attached hydrogen (secondary N) is 1. The molecule has 7 nitrogen and oxygen atoms in total. The van der Waals surface area contributed by atoms with Gasteiger partial charge in [0.25, 0.3) is 0 Å². The zero-order valence-corrected chi connectivity index (χ0v) is 21.1. The van der Waals surface area contributed by atoms with Crippen LogP contribution in [0.3, 0.4) is 0 Å². The smallest absolute Gasteiger partial charge is 0.244 e. The summed E-state index contributed by atoms with van der Waals surface area (Å²) in [5, 5.41) is 2.92. The molecule has 33 heavy (non-hydrogen) atoms. The fraction of sp³-hybridized carbons (Fsp3) is 0.440. The first-order valence-corrected chi connectivity index (χ1v) is 13.0. The predicted octanol–water partition coefficient (Wildman–Crippen LogP) is 3.40. The normalized spacial score (nSPS) is 13.2. The molecule has 0 radical (unpaired) electrons. The maximum absolute atomic E-state index is 13.5. The van der Waals surface area contributed by atoms with Gasteiger partial charge in [0.2, 0.25) is 21.8 Å². The highest BCUT2D eigenvalue weighted by atomic mass is 32.2. The third-order valence-corrected chi connectivity index (χ3v) is 6.83. The van der Waals surface area contributed by atoms with Gasteiger partial charge in [-0.25, -0.2) is 8.42 Å². The Morgan fingerprint density at radius 1 is 1.00 bits per heavy atom. The maximum atomic E-state index is 13.5. The number of anilines is 1. The van der Waals surface area contributed by atoms with Crippen molar-refractivity contribution in [3.05, 3.63) is 65.2 Å². The Kier molecular flexibility index (Phi) is 9.05. The highest BCUT2D eigenvalue weighted by molar-refractivity contribution is 7.92. The lowest BCUT2D eigenvalue weighted by molar-refractivity contribution is -0.139. The second kappa shape index (κ2) is 11.3. The van der Waals surface area contributed by atoms with Crippen LogP contribution in [0.4, 0.5) is 5.69 Å². The van der Waals surface area contributed by atoms with Crippen molar-refractivity contribution in [3.8, 4) is 0 Å². The molecule has 0 heterocycles. The van der Waals surface area contributed by atoms with Crippen LogP contribution in [0, 0.1) is 13.8 Å². The largest absolute Gasteiger partial charge is 0.352 e. The lowest BCUT2D eigenvalue weighted by Crippen LogP contribution is -2.52. The number of hydrogen-bond donors (Lipinski definition) is 1. The van der Waals surface area contributed by atoms with E-state index in [9.17, 15) is 18.0 Å². The van der Waals surface area contributed by atoms with Crippen molar-refractivity contribution in [1.29, 1.82) is 0 Å². The van der Waals surface area contributed by atoms with Crippen molar-refractivity contribution >= 4 is 27.5 Å². The quantitative estimate of drug-likeness (QED) is 0.573. The lowest BCUT2D eigenvalue weighted by atomic mass is 10.1. The summed E-state index contributed by atoms with van der Waals surface area (Å²) >= 11 is 0. The summed E-state index contributed by atoms with van der Waals surface area (Å²) < 4.78 is 26.3. The van der Waals surface area contributed by atoms with Crippen LogP contribution in [-0.4, -0.2) is 50.0 Å². The van der Waals surface area contributed by atoms with Crippen LogP contribution < -0.4 is 9.62 Å². The van der Waals surface area contributed by atoms with Gasteiger partial charge in [-0.3, -0.25) is 13.9 Å². The van der Waals surface area contributed by atoms with Crippen LogP contribution >= 0.6 is 0 Å². The Morgan fingerprint density at radius 2 is 1.61 bits per heavy atom. The van der Waals surface area contributed by atoms with Gasteiger partial charge in [-0.05, 0) is 51.3 Å². The fourth-order valence-corrected chi connectivity index (χ4v) is 4.28. The zero-order chi connectivity index (χ0) is 24.8. The highest BCUT2D eigenvalue weighted by Gasteiger charge is 2.30. The van der Waals surface area contributed by atoms with E-state index in [-0.39, 0.29) is 18.5 Å². The van der Waals surface area contributed by atoms with Crippen molar-refractivity contribution in [2.75, 3.05) is 17.1 Å². The molecule has 0 aliphatic heterocycles. The molecule has 0 spiro atoms. The summed E-state index contributed by atoms with van der Waals surface area (Å²) in [6.45, 7) is 9.11. The summed E-state index contributed by atoms with van der Waals surface area (Å²) in [6.07, 6.45) is 1.84. The molecule has 2 aromatic carbocycles. The average molecular weight is 474 g/mol. The molecule has 2 aromatic rings. The Hall–Kier alpha value is -2.87. The first-order chi connectivity index (χ1) is 15.4. The average Bonchev–Trinajstić information content (AvgIpc) is 2.76. The van der Waals surface area contributed by atoms with Gasteiger partial charge in [-0.2, -0.15) is 0 Å². The number of hydrogen-bond acceptors (Lipinski definition) is 4. The van der Waals surface area contributed by atoms with Gasteiger partial charge < -0.3 is 10.2 Å². The molecule has 2 unspecified atom stereocenters. The molecule has 8 heteroatoms. The molecule has 2 atom stereocenters.